The number of carbonyl (C=O) groups excluding carboxylic acids is 1. The first kappa shape index (κ1) is 11.9. The van der Waals surface area contributed by atoms with Crippen molar-refractivity contribution in [3.63, 3.8) is 0 Å². The molecule has 3 heteroatoms. The summed E-state index contributed by atoms with van der Waals surface area (Å²) in [5, 5.41) is 0. The molecule has 0 saturated heterocycles. The minimum atomic E-state index is -0.383. The number of hydrogen-bond donors (Lipinski definition) is 0. The lowest BCUT2D eigenvalue weighted by Crippen LogP contribution is -2.35. The highest BCUT2D eigenvalue weighted by Crippen LogP contribution is 2.32. The van der Waals surface area contributed by atoms with Crippen molar-refractivity contribution in [2.24, 2.45) is 0 Å². The Hall–Kier alpha value is -2.16. The van der Waals surface area contributed by atoms with Gasteiger partial charge in [-0.05, 0) is 43.2 Å². The van der Waals surface area contributed by atoms with Crippen LogP contribution in [0.4, 0.5) is 10.1 Å². The van der Waals surface area contributed by atoms with Gasteiger partial charge in [-0.15, -0.1) is 0 Å². The highest BCUT2D eigenvalue weighted by molar-refractivity contribution is 6.07. The van der Waals surface area contributed by atoms with Crippen LogP contribution in [0, 0.1) is 5.82 Å². The van der Waals surface area contributed by atoms with Crippen molar-refractivity contribution in [3.8, 4) is 0 Å². The number of para-hydroxylation sites is 1. The summed E-state index contributed by atoms with van der Waals surface area (Å²) in [6.45, 7) is 2.01. The molecule has 1 heterocycles. The van der Waals surface area contributed by atoms with Crippen LogP contribution < -0.4 is 4.90 Å². The van der Waals surface area contributed by atoms with Gasteiger partial charge in [-0.25, -0.2) is 4.39 Å². The molecule has 0 N–H and O–H groups in total. The lowest BCUT2D eigenvalue weighted by Gasteiger charge is -2.22. The highest BCUT2D eigenvalue weighted by Gasteiger charge is 2.31. The number of rotatable bonds is 1. The zero-order chi connectivity index (χ0) is 13.4. The average Bonchev–Trinajstić information content (AvgIpc) is 2.74. The second-order valence-electron chi connectivity index (χ2n) is 4.87. The van der Waals surface area contributed by atoms with Crippen LogP contribution >= 0.6 is 0 Å². The first-order valence-corrected chi connectivity index (χ1v) is 6.34. The third-order valence-corrected chi connectivity index (χ3v) is 3.50. The highest BCUT2D eigenvalue weighted by atomic mass is 19.1. The van der Waals surface area contributed by atoms with E-state index in [1.165, 1.54) is 17.7 Å². The number of nitrogens with zero attached hydrogens (tertiary/aromatic N) is 1. The first-order chi connectivity index (χ1) is 9.16. The van der Waals surface area contributed by atoms with Gasteiger partial charge in [0, 0.05) is 17.3 Å². The molecule has 1 aliphatic rings. The maximum Gasteiger partial charge on any atom is 0.258 e. The Morgan fingerprint density at radius 1 is 1.21 bits per heavy atom. The fourth-order valence-corrected chi connectivity index (χ4v) is 2.64. The predicted molar refractivity (Wildman–Crippen MR) is 72.8 cm³/mol. The van der Waals surface area contributed by atoms with Crippen molar-refractivity contribution in [2.45, 2.75) is 19.4 Å². The van der Waals surface area contributed by atoms with Crippen LogP contribution in [0.3, 0.4) is 0 Å². The smallest absolute Gasteiger partial charge is 0.258 e. The Kier molecular flexibility index (Phi) is 2.82. The molecule has 0 unspecified atom stereocenters. The quantitative estimate of drug-likeness (QED) is 0.764. The second-order valence-corrected chi connectivity index (χ2v) is 4.87. The molecule has 2 nitrogen and oxygen atoms in total. The summed E-state index contributed by atoms with van der Waals surface area (Å²) in [6, 6.07) is 13.8. The third kappa shape index (κ3) is 2.01. The van der Waals surface area contributed by atoms with Gasteiger partial charge in [0.25, 0.3) is 5.91 Å². The van der Waals surface area contributed by atoms with Crippen LogP contribution in [-0.2, 0) is 6.42 Å². The molecule has 2 aromatic rings. The van der Waals surface area contributed by atoms with E-state index >= 15 is 0 Å². The van der Waals surface area contributed by atoms with Crippen molar-refractivity contribution in [1.29, 1.82) is 0 Å². The standard InChI is InChI=1S/C16H14FNO/c1-11-9-12-5-2-3-8-15(12)18(11)16(19)13-6-4-7-14(17)10-13/h2-8,10-11H,9H2,1H3/t11-/m1/s1. The molecule has 1 atom stereocenters. The van der Waals surface area contributed by atoms with Crippen molar-refractivity contribution in [1.82, 2.24) is 0 Å². The molecule has 3 rings (SSSR count). The number of amides is 1. The normalized spacial score (nSPS) is 17.4. The number of carbonyl (C=O) groups is 1. The van der Waals surface area contributed by atoms with Gasteiger partial charge in [0.15, 0.2) is 0 Å². The molecule has 2 aromatic carbocycles. The molecule has 0 bridgehead atoms. The number of benzene rings is 2. The summed E-state index contributed by atoms with van der Waals surface area (Å²) >= 11 is 0. The topological polar surface area (TPSA) is 20.3 Å². The molecule has 19 heavy (non-hydrogen) atoms. The first-order valence-electron chi connectivity index (χ1n) is 6.34. The van der Waals surface area contributed by atoms with Crippen LogP contribution in [-0.4, -0.2) is 11.9 Å². The van der Waals surface area contributed by atoms with E-state index in [1.54, 1.807) is 17.0 Å². The summed E-state index contributed by atoms with van der Waals surface area (Å²) < 4.78 is 13.2. The molecule has 0 spiro atoms. The molecule has 1 aliphatic heterocycles. The van der Waals surface area contributed by atoms with Crippen LogP contribution in [0.15, 0.2) is 48.5 Å². The van der Waals surface area contributed by atoms with Gasteiger partial charge >= 0.3 is 0 Å². The Morgan fingerprint density at radius 2 is 2.00 bits per heavy atom. The van der Waals surface area contributed by atoms with Gasteiger partial charge in [0.1, 0.15) is 5.82 Å². The summed E-state index contributed by atoms with van der Waals surface area (Å²) in [4.78, 5) is 14.3. The molecular weight excluding hydrogens is 241 g/mol. The summed E-state index contributed by atoms with van der Waals surface area (Å²) in [6.07, 6.45) is 0.844. The van der Waals surface area contributed by atoms with E-state index in [0.717, 1.165) is 12.1 Å². The predicted octanol–water partition coefficient (Wildman–Crippen LogP) is 3.42. The monoisotopic (exact) mass is 255 g/mol. The van der Waals surface area contributed by atoms with Crippen molar-refractivity contribution in [2.75, 3.05) is 4.90 Å². The second kappa shape index (κ2) is 4.50. The van der Waals surface area contributed by atoms with E-state index in [2.05, 4.69) is 0 Å². The Bertz CT molecular complexity index is 638. The lowest BCUT2D eigenvalue weighted by molar-refractivity contribution is 0.0981. The molecule has 0 fully saturated rings. The van der Waals surface area contributed by atoms with Crippen molar-refractivity contribution >= 4 is 11.6 Å². The number of halogens is 1. The molecule has 0 aromatic heterocycles. The van der Waals surface area contributed by atoms with E-state index < -0.39 is 0 Å². The van der Waals surface area contributed by atoms with Crippen LogP contribution in [0.25, 0.3) is 0 Å². The van der Waals surface area contributed by atoms with E-state index in [9.17, 15) is 9.18 Å². The average molecular weight is 255 g/mol. The minimum Gasteiger partial charge on any atom is -0.305 e. The molecule has 0 radical (unpaired) electrons. The van der Waals surface area contributed by atoms with E-state index in [1.807, 2.05) is 31.2 Å². The number of fused-ring (bicyclic) bond motifs is 1. The maximum atomic E-state index is 13.2. The van der Waals surface area contributed by atoms with Gasteiger partial charge in [-0.1, -0.05) is 24.3 Å². The van der Waals surface area contributed by atoms with Crippen LogP contribution in [0.5, 0.6) is 0 Å². The Labute approximate surface area is 111 Å². The van der Waals surface area contributed by atoms with Crippen molar-refractivity contribution < 1.29 is 9.18 Å². The summed E-state index contributed by atoms with van der Waals surface area (Å²) in [7, 11) is 0. The van der Waals surface area contributed by atoms with Gasteiger partial charge in [-0.3, -0.25) is 4.79 Å². The third-order valence-electron chi connectivity index (χ3n) is 3.50. The van der Waals surface area contributed by atoms with Gasteiger partial charge in [0.05, 0.1) is 0 Å². The largest absolute Gasteiger partial charge is 0.305 e. The SMILES string of the molecule is C[C@@H]1Cc2ccccc2N1C(=O)c1cccc(F)c1. The molecule has 0 saturated carbocycles. The van der Waals surface area contributed by atoms with Crippen LogP contribution in [0.1, 0.15) is 22.8 Å². The zero-order valence-corrected chi connectivity index (χ0v) is 10.6. The number of anilines is 1. The van der Waals surface area contributed by atoms with Gasteiger partial charge in [0.2, 0.25) is 0 Å². The van der Waals surface area contributed by atoms with E-state index in [0.29, 0.717) is 5.56 Å². The van der Waals surface area contributed by atoms with E-state index in [-0.39, 0.29) is 17.8 Å². The van der Waals surface area contributed by atoms with E-state index in [4.69, 9.17) is 0 Å². The Morgan fingerprint density at radius 3 is 2.79 bits per heavy atom. The molecule has 96 valence electrons. The maximum absolute atomic E-state index is 13.2. The lowest BCUT2D eigenvalue weighted by atomic mass is 10.1. The minimum absolute atomic E-state index is 0.105. The Balaban J connectivity index is 2.01. The molecule has 1 amide bonds. The van der Waals surface area contributed by atoms with Gasteiger partial charge in [-0.2, -0.15) is 0 Å². The fourth-order valence-electron chi connectivity index (χ4n) is 2.64. The van der Waals surface area contributed by atoms with Crippen LogP contribution in [0.2, 0.25) is 0 Å². The van der Waals surface area contributed by atoms with Gasteiger partial charge < -0.3 is 4.90 Å². The fraction of sp³-hybridized carbons (Fsp3) is 0.188. The number of hydrogen-bond acceptors (Lipinski definition) is 1. The zero-order valence-electron chi connectivity index (χ0n) is 10.6. The summed E-state index contributed by atoms with van der Waals surface area (Å²) in [5.41, 5.74) is 2.49. The molecular formula is C16H14FNO. The molecule has 0 aliphatic carbocycles. The summed E-state index contributed by atoms with van der Waals surface area (Å²) in [5.74, 6) is -0.525. The van der Waals surface area contributed by atoms with Crippen molar-refractivity contribution in [3.05, 3.63) is 65.5 Å².